The molecule has 0 aliphatic carbocycles. The third kappa shape index (κ3) is 3.71. The van der Waals surface area contributed by atoms with Crippen molar-refractivity contribution < 1.29 is 14.4 Å². The van der Waals surface area contributed by atoms with E-state index in [4.69, 9.17) is 5.73 Å². The van der Waals surface area contributed by atoms with Gasteiger partial charge in [-0.25, -0.2) is 4.79 Å². The highest BCUT2D eigenvalue weighted by Crippen LogP contribution is 2.17. The van der Waals surface area contributed by atoms with Crippen molar-refractivity contribution in [3.8, 4) is 0 Å². The Kier molecular flexibility index (Phi) is 4.42. The maximum Gasteiger partial charge on any atom is 0.312 e. The number of anilines is 1. The summed E-state index contributed by atoms with van der Waals surface area (Å²) in [6.07, 6.45) is 0. The van der Waals surface area contributed by atoms with E-state index in [2.05, 4.69) is 5.32 Å². The second kappa shape index (κ2) is 6.25. The molecule has 0 radical (unpaired) electrons. The molecule has 21 heavy (non-hydrogen) atoms. The van der Waals surface area contributed by atoms with Gasteiger partial charge in [0.05, 0.1) is 6.54 Å². The Labute approximate surface area is 122 Å². The fourth-order valence-electron chi connectivity index (χ4n) is 2.16. The van der Waals surface area contributed by atoms with E-state index in [1.165, 1.54) is 4.90 Å². The molecular weight excluding hydrogens is 272 g/mol. The molecule has 7 nitrogen and oxygen atoms in total. The average Bonchev–Trinajstić information content (AvgIpc) is 2.45. The Morgan fingerprint density at radius 2 is 1.90 bits per heavy atom. The highest BCUT2D eigenvalue weighted by Gasteiger charge is 2.27. The van der Waals surface area contributed by atoms with Crippen LogP contribution in [0, 0.1) is 6.92 Å². The Morgan fingerprint density at radius 1 is 1.24 bits per heavy atom. The Balaban J connectivity index is 1.96. The molecule has 112 valence electrons. The Hall–Kier alpha value is -2.57. The van der Waals surface area contributed by atoms with Gasteiger partial charge < -0.3 is 20.9 Å². The second-order valence-electron chi connectivity index (χ2n) is 4.91. The van der Waals surface area contributed by atoms with E-state index in [-0.39, 0.29) is 24.9 Å². The van der Waals surface area contributed by atoms with Crippen LogP contribution in [-0.2, 0) is 9.59 Å². The zero-order valence-electron chi connectivity index (χ0n) is 11.8. The summed E-state index contributed by atoms with van der Waals surface area (Å²) in [5.41, 5.74) is 6.86. The summed E-state index contributed by atoms with van der Waals surface area (Å²) in [4.78, 5) is 37.6. The summed E-state index contributed by atoms with van der Waals surface area (Å²) in [6.45, 7) is 2.66. The Morgan fingerprint density at radius 3 is 2.48 bits per heavy atom. The summed E-state index contributed by atoms with van der Waals surface area (Å²) < 4.78 is 0. The first-order chi connectivity index (χ1) is 9.97. The van der Waals surface area contributed by atoms with Crippen LogP contribution in [-0.4, -0.2) is 48.9 Å². The summed E-state index contributed by atoms with van der Waals surface area (Å²) >= 11 is 0. The number of hydrogen-bond acceptors (Lipinski definition) is 3. The van der Waals surface area contributed by atoms with Gasteiger partial charge >= 0.3 is 6.03 Å². The van der Waals surface area contributed by atoms with Gasteiger partial charge in [-0.05, 0) is 19.1 Å². The van der Waals surface area contributed by atoms with Crippen molar-refractivity contribution in [2.45, 2.75) is 6.92 Å². The number of nitrogens with one attached hydrogen (secondary N) is 1. The lowest BCUT2D eigenvalue weighted by Gasteiger charge is -2.34. The number of carbonyl (C=O) groups is 3. The predicted molar refractivity (Wildman–Crippen MR) is 77.7 cm³/mol. The zero-order chi connectivity index (χ0) is 15.4. The van der Waals surface area contributed by atoms with Crippen molar-refractivity contribution in [2.75, 3.05) is 31.1 Å². The minimum Gasteiger partial charge on any atom is -0.352 e. The van der Waals surface area contributed by atoms with Gasteiger partial charge in [0.2, 0.25) is 11.8 Å². The number of carbonyl (C=O) groups excluding carboxylic acids is 3. The number of benzene rings is 1. The van der Waals surface area contributed by atoms with Crippen molar-refractivity contribution >= 4 is 23.5 Å². The van der Waals surface area contributed by atoms with E-state index in [1.54, 1.807) is 4.90 Å². The van der Waals surface area contributed by atoms with Crippen molar-refractivity contribution in [1.29, 1.82) is 0 Å². The first kappa shape index (κ1) is 14.8. The van der Waals surface area contributed by atoms with E-state index in [0.717, 1.165) is 11.3 Å². The largest absolute Gasteiger partial charge is 0.352 e. The smallest absolute Gasteiger partial charge is 0.312 e. The predicted octanol–water partition coefficient (Wildman–Crippen LogP) is -0.161. The van der Waals surface area contributed by atoms with Gasteiger partial charge in [0.15, 0.2) is 0 Å². The number of urea groups is 1. The van der Waals surface area contributed by atoms with Crippen LogP contribution in [0.15, 0.2) is 24.3 Å². The van der Waals surface area contributed by atoms with Crippen LogP contribution in [0.2, 0.25) is 0 Å². The van der Waals surface area contributed by atoms with E-state index in [1.807, 2.05) is 31.2 Å². The van der Waals surface area contributed by atoms with Crippen LogP contribution in [0.25, 0.3) is 0 Å². The number of primary amides is 1. The molecule has 0 bridgehead atoms. The molecule has 0 atom stereocenters. The summed E-state index contributed by atoms with van der Waals surface area (Å²) in [5.74, 6) is -0.455. The van der Waals surface area contributed by atoms with Gasteiger partial charge in [-0.2, -0.15) is 0 Å². The van der Waals surface area contributed by atoms with E-state index in [0.29, 0.717) is 13.1 Å². The van der Waals surface area contributed by atoms with Gasteiger partial charge in [0.25, 0.3) is 0 Å². The molecule has 1 aliphatic rings. The average molecular weight is 290 g/mol. The van der Waals surface area contributed by atoms with Crippen LogP contribution in [0.5, 0.6) is 0 Å². The van der Waals surface area contributed by atoms with Gasteiger partial charge in [-0.3, -0.25) is 9.59 Å². The molecule has 1 aromatic carbocycles. The first-order valence-corrected chi connectivity index (χ1v) is 6.65. The monoisotopic (exact) mass is 290 g/mol. The van der Waals surface area contributed by atoms with Crippen LogP contribution < -0.4 is 16.0 Å². The number of piperazine rings is 1. The zero-order valence-corrected chi connectivity index (χ0v) is 11.8. The maximum absolute atomic E-state index is 12.2. The van der Waals surface area contributed by atoms with E-state index in [9.17, 15) is 14.4 Å². The topological polar surface area (TPSA) is 95.7 Å². The Bertz CT molecular complexity index is 556. The number of rotatable bonds is 3. The van der Waals surface area contributed by atoms with Gasteiger partial charge in [0.1, 0.15) is 6.54 Å². The molecular formula is C14H18N4O3. The fourth-order valence-corrected chi connectivity index (χ4v) is 2.16. The molecule has 0 saturated carbocycles. The van der Waals surface area contributed by atoms with E-state index < -0.39 is 6.03 Å². The molecule has 1 fully saturated rings. The lowest BCUT2D eigenvalue weighted by molar-refractivity contribution is -0.136. The highest BCUT2D eigenvalue weighted by molar-refractivity contribution is 5.98. The molecule has 1 aliphatic heterocycles. The third-order valence-electron chi connectivity index (χ3n) is 3.33. The van der Waals surface area contributed by atoms with Crippen LogP contribution in [0.1, 0.15) is 5.56 Å². The molecule has 1 heterocycles. The molecule has 3 N–H and O–H groups in total. The number of hydrogen-bond donors (Lipinski definition) is 2. The SMILES string of the molecule is Cc1ccc(N2CCN(C(=O)CNC(N)=O)CC2=O)cc1. The summed E-state index contributed by atoms with van der Waals surface area (Å²) in [7, 11) is 0. The van der Waals surface area contributed by atoms with Crippen molar-refractivity contribution in [3.63, 3.8) is 0 Å². The summed E-state index contributed by atoms with van der Waals surface area (Å²) in [5, 5.41) is 2.23. The lowest BCUT2D eigenvalue weighted by Crippen LogP contribution is -2.54. The number of amides is 4. The first-order valence-electron chi connectivity index (χ1n) is 6.65. The van der Waals surface area contributed by atoms with E-state index >= 15 is 0 Å². The van der Waals surface area contributed by atoms with Crippen LogP contribution in [0.3, 0.4) is 0 Å². The lowest BCUT2D eigenvalue weighted by atomic mass is 10.2. The quantitative estimate of drug-likeness (QED) is 0.809. The standard InChI is InChI=1S/C14H18N4O3/c1-10-2-4-11(5-3-10)18-7-6-17(9-13(18)20)12(19)8-16-14(15)21/h2-5H,6-9H2,1H3,(H3,15,16,21). The van der Waals surface area contributed by atoms with Gasteiger partial charge in [0, 0.05) is 18.8 Å². The van der Waals surface area contributed by atoms with Crippen molar-refractivity contribution in [1.82, 2.24) is 10.2 Å². The summed E-state index contributed by atoms with van der Waals surface area (Å²) in [6, 6.07) is 6.90. The second-order valence-corrected chi connectivity index (χ2v) is 4.91. The number of nitrogens with two attached hydrogens (primary N) is 1. The number of aryl methyl sites for hydroxylation is 1. The van der Waals surface area contributed by atoms with Gasteiger partial charge in [-0.1, -0.05) is 17.7 Å². The number of nitrogens with zero attached hydrogens (tertiary/aromatic N) is 2. The van der Waals surface area contributed by atoms with Gasteiger partial charge in [-0.15, -0.1) is 0 Å². The minimum atomic E-state index is -0.757. The highest BCUT2D eigenvalue weighted by atomic mass is 16.2. The molecule has 1 aromatic rings. The minimum absolute atomic E-state index is 0.00709. The molecule has 4 amide bonds. The molecule has 0 aromatic heterocycles. The normalized spacial score (nSPS) is 15.0. The third-order valence-corrected chi connectivity index (χ3v) is 3.33. The molecule has 0 unspecified atom stereocenters. The molecule has 0 spiro atoms. The molecule has 1 saturated heterocycles. The maximum atomic E-state index is 12.2. The molecule has 7 heteroatoms. The van der Waals surface area contributed by atoms with Crippen molar-refractivity contribution in [3.05, 3.63) is 29.8 Å². The molecule has 2 rings (SSSR count). The van der Waals surface area contributed by atoms with Crippen LogP contribution >= 0.6 is 0 Å². The van der Waals surface area contributed by atoms with Crippen molar-refractivity contribution in [2.24, 2.45) is 5.73 Å². The van der Waals surface area contributed by atoms with Crippen LogP contribution in [0.4, 0.5) is 10.5 Å². The fraction of sp³-hybridized carbons (Fsp3) is 0.357.